The Labute approximate surface area is 136 Å². The number of aromatic nitrogens is 1. The zero-order chi connectivity index (χ0) is 15.2. The molecule has 2 rings (SSSR count). The molecule has 0 aliphatic rings. The van der Waals surface area contributed by atoms with Gasteiger partial charge in [0, 0.05) is 20.1 Å². The maximum atomic E-state index is 11.6. The van der Waals surface area contributed by atoms with E-state index in [1.54, 1.807) is 5.38 Å². The van der Waals surface area contributed by atoms with Crippen LogP contribution in [0.15, 0.2) is 21.3 Å². The number of halogens is 1. The normalized spacial score (nSPS) is 10.2. The summed E-state index contributed by atoms with van der Waals surface area (Å²) < 4.78 is 5.99. The first-order valence-electron chi connectivity index (χ1n) is 5.61. The van der Waals surface area contributed by atoms with Crippen molar-refractivity contribution in [3.63, 3.8) is 0 Å². The van der Waals surface area contributed by atoms with E-state index >= 15 is 0 Å². The van der Waals surface area contributed by atoms with E-state index in [1.807, 2.05) is 11.4 Å². The molecule has 0 atom stereocenters. The van der Waals surface area contributed by atoms with Crippen LogP contribution in [0.2, 0.25) is 0 Å². The van der Waals surface area contributed by atoms with E-state index in [9.17, 15) is 9.59 Å². The lowest BCUT2D eigenvalue weighted by atomic mass is 10.3. The summed E-state index contributed by atoms with van der Waals surface area (Å²) in [5, 5.41) is 14.7. The van der Waals surface area contributed by atoms with E-state index in [4.69, 9.17) is 9.94 Å². The topological polar surface area (TPSA) is 101 Å². The second-order valence-electron chi connectivity index (χ2n) is 3.79. The number of hydrogen-bond acceptors (Lipinski definition) is 7. The van der Waals surface area contributed by atoms with E-state index in [0.717, 1.165) is 9.35 Å². The van der Waals surface area contributed by atoms with Crippen LogP contribution < -0.4 is 10.8 Å². The number of rotatable bonds is 5. The number of nitrogens with zero attached hydrogens (tertiary/aromatic N) is 1. The van der Waals surface area contributed by atoms with Crippen molar-refractivity contribution in [3.8, 4) is 0 Å². The van der Waals surface area contributed by atoms with Crippen molar-refractivity contribution in [2.45, 2.75) is 13.0 Å². The van der Waals surface area contributed by atoms with Crippen LogP contribution in [0.25, 0.3) is 0 Å². The smallest absolute Gasteiger partial charge is 0.413 e. The monoisotopic (exact) mass is 391 g/mol. The number of hydrogen-bond donors (Lipinski definition) is 3. The summed E-state index contributed by atoms with van der Waals surface area (Å²) in [4.78, 5) is 27.5. The van der Waals surface area contributed by atoms with Gasteiger partial charge in [-0.1, -0.05) is 0 Å². The summed E-state index contributed by atoms with van der Waals surface area (Å²) in [5.41, 5.74) is 1.96. The molecule has 21 heavy (non-hydrogen) atoms. The van der Waals surface area contributed by atoms with Crippen molar-refractivity contribution >= 4 is 55.7 Å². The third-order valence-electron chi connectivity index (χ3n) is 2.19. The Morgan fingerprint density at radius 2 is 2.19 bits per heavy atom. The molecule has 0 saturated carbocycles. The Kier molecular flexibility index (Phi) is 5.67. The van der Waals surface area contributed by atoms with Crippen LogP contribution in [0.4, 0.5) is 9.93 Å². The Balaban J connectivity index is 1.81. The van der Waals surface area contributed by atoms with Crippen LogP contribution >= 0.6 is 38.6 Å². The number of hydroxylamine groups is 1. The highest BCUT2D eigenvalue weighted by molar-refractivity contribution is 9.10. The number of ether oxygens (including phenoxy) is 1. The summed E-state index contributed by atoms with van der Waals surface area (Å²) in [6.45, 7) is 0.174. The van der Waals surface area contributed by atoms with Crippen LogP contribution in [0.3, 0.4) is 0 Å². The number of carbonyl (C=O) groups is 2. The maximum absolute atomic E-state index is 11.6. The molecule has 112 valence electrons. The summed E-state index contributed by atoms with van der Waals surface area (Å²) in [7, 11) is 0. The van der Waals surface area contributed by atoms with Crippen molar-refractivity contribution < 1.29 is 19.5 Å². The third-order valence-corrected chi connectivity index (χ3v) is 4.67. The third kappa shape index (κ3) is 5.08. The molecule has 3 N–H and O–H groups in total. The molecular formula is C11H10BrN3O4S2. The summed E-state index contributed by atoms with van der Waals surface area (Å²) in [5.74, 6) is -0.572. The fourth-order valence-electron chi connectivity index (χ4n) is 1.34. The zero-order valence-corrected chi connectivity index (χ0v) is 13.7. The second kappa shape index (κ2) is 7.50. The standard InChI is InChI=1S/C11H10BrN3O4S2/c12-6-1-8(20-4-6)3-19-11(17)14-10-13-7(5-21-10)2-9(16)15-18/h1,4-5,18H,2-3H2,(H,15,16)(H,13,14,17). The number of amides is 2. The molecule has 2 amide bonds. The minimum Gasteiger partial charge on any atom is -0.444 e. The maximum Gasteiger partial charge on any atom is 0.413 e. The van der Waals surface area contributed by atoms with E-state index in [1.165, 1.54) is 28.2 Å². The molecule has 0 aliphatic carbocycles. The van der Waals surface area contributed by atoms with Gasteiger partial charge in [-0.05, 0) is 22.0 Å². The van der Waals surface area contributed by atoms with Crippen LogP contribution in [-0.4, -0.2) is 22.2 Å². The minimum absolute atomic E-state index is 0.0625. The van der Waals surface area contributed by atoms with Gasteiger partial charge in [-0.2, -0.15) is 0 Å². The quantitative estimate of drug-likeness (QED) is 0.537. The average Bonchev–Trinajstić information content (AvgIpc) is 3.05. The Morgan fingerprint density at radius 1 is 1.38 bits per heavy atom. The molecule has 0 aromatic carbocycles. The molecule has 0 fully saturated rings. The molecule has 2 aromatic heterocycles. The fourth-order valence-corrected chi connectivity index (χ4v) is 3.40. The molecular weight excluding hydrogens is 382 g/mol. The SMILES string of the molecule is O=C(Cc1csc(NC(=O)OCc2cc(Br)cs2)n1)NO. The summed E-state index contributed by atoms with van der Waals surface area (Å²) in [6, 6.07) is 1.87. The van der Waals surface area contributed by atoms with Gasteiger partial charge in [0.05, 0.1) is 12.1 Å². The van der Waals surface area contributed by atoms with Crippen LogP contribution in [0.1, 0.15) is 10.6 Å². The van der Waals surface area contributed by atoms with E-state index in [-0.39, 0.29) is 13.0 Å². The van der Waals surface area contributed by atoms with Gasteiger partial charge in [0.25, 0.3) is 0 Å². The molecule has 0 radical (unpaired) electrons. The molecule has 0 spiro atoms. The zero-order valence-electron chi connectivity index (χ0n) is 10.5. The number of thiazole rings is 1. The van der Waals surface area contributed by atoms with Crippen molar-refractivity contribution in [3.05, 3.63) is 31.9 Å². The Morgan fingerprint density at radius 3 is 2.86 bits per heavy atom. The average molecular weight is 392 g/mol. The van der Waals surface area contributed by atoms with E-state index in [2.05, 4.69) is 26.2 Å². The molecule has 7 nitrogen and oxygen atoms in total. The lowest BCUT2D eigenvalue weighted by Crippen LogP contribution is -2.20. The van der Waals surface area contributed by atoms with E-state index < -0.39 is 12.0 Å². The highest BCUT2D eigenvalue weighted by Crippen LogP contribution is 2.21. The van der Waals surface area contributed by atoms with Gasteiger partial charge in [-0.15, -0.1) is 22.7 Å². The number of anilines is 1. The van der Waals surface area contributed by atoms with Gasteiger partial charge in [-0.25, -0.2) is 15.3 Å². The van der Waals surface area contributed by atoms with Crippen molar-refractivity contribution in [2.75, 3.05) is 5.32 Å². The predicted molar refractivity (Wildman–Crippen MR) is 81.6 cm³/mol. The predicted octanol–water partition coefficient (Wildman–Crippen LogP) is 2.76. The first kappa shape index (κ1) is 15.9. The summed E-state index contributed by atoms with van der Waals surface area (Å²) in [6.07, 6.45) is -0.681. The second-order valence-corrected chi connectivity index (χ2v) is 6.56. The lowest BCUT2D eigenvalue weighted by molar-refractivity contribution is -0.128. The van der Waals surface area contributed by atoms with Gasteiger partial charge in [0.2, 0.25) is 5.91 Å². The van der Waals surface area contributed by atoms with Crippen LogP contribution in [-0.2, 0) is 22.6 Å². The number of carbonyl (C=O) groups excluding carboxylic acids is 2. The van der Waals surface area contributed by atoms with Crippen molar-refractivity contribution in [1.29, 1.82) is 0 Å². The van der Waals surface area contributed by atoms with Gasteiger partial charge in [-0.3, -0.25) is 15.3 Å². The molecule has 2 aromatic rings. The van der Waals surface area contributed by atoms with Crippen LogP contribution in [0.5, 0.6) is 0 Å². The molecule has 10 heteroatoms. The lowest BCUT2D eigenvalue weighted by Gasteiger charge is -2.02. The Bertz CT molecular complexity index is 643. The highest BCUT2D eigenvalue weighted by atomic mass is 79.9. The van der Waals surface area contributed by atoms with Gasteiger partial charge < -0.3 is 4.74 Å². The Hall–Kier alpha value is -1.49. The van der Waals surface area contributed by atoms with E-state index in [0.29, 0.717) is 10.8 Å². The van der Waals surface area contributed by atoms with Gasteiger partial charge >= 0.3 is 6.09 Å². The molecule has 0 aliphatic heterocycles. The van der Waals surface area contributed by atoms with Crippen molar-refractivity contribution in [1.82, 2.24) is 10.5 Å². The molecule has 0 saturated heterocycles. The largest absolute Gasteiger partial charge is 0.444 e. The molecule has 0 unspecified atom stereocenters. The fraction of sp³-hybridized carbons (Fsp3) is 0.182. The minimum atomic E-state index is -0.618. The van der Waals surface area contributed by atoms with Crippen LogP contribution in [0, 0.1) is 0 Å². The van der Waals surface area contributed by atoms with Gasteiger partial charge in [0.1, 0.15) is 6.61 Å². The molecule has 0 bridgehead atoms. The summed E-state index contributed by atoms with van der Waals surface area (Å²) >= 11 is 5.96. The van der Waals surface area contributed by atoms with Crippen molar-refractivity contribution in [2.24, 2.45) is 0 Å². The number of nitrogens with one attached hydrogen (secondary N) is 2. The first-order chi connectivity index (χ1) is 10.1. The number of thiophene rings is 1. The highest BCUT2D eigenvalue weighted by Gasteiger charge is 2.10. The first-order valence-corrected chi connectivity index (χ1v) is 8.16. The van der Waals surface area contributed by atoms with Gasteiger partial charge in [0.15, 0.2) is 5.13 Å². The molecule has 2 heterocycles.